The monoisotopic (exact) mass is 1650 g/mol. The average Bonchev–Trinajstić information content (AvgIpc) is 1.59. The molecular weight excluding hydrogens is 1580 g/mol. The van der Waals surface area contributed by atoms with Gasteiger partial charge in [0, 0.05) is 120 Å². The van der Waals surface area contributed by atoms with Gasteiger partial charge in [-0.1, -0.05) is 159 Å². The molecule has 129 heavy (non-hydrogen) atoms. The van der Waals surface area contributed by atoms with Crippen LogP contribution in [0.15, 0.2) is 385 Å². The maximum absolute atomic E-state index is 9.75. The van der Waals surface area contributed by atoms with Crippen LogP contribution in [0, 0.1) is 58.5 Å². The molecule has 0 bridgehead atoms. The zero-order valence-electron chi connectivity index (χ0n) is 68.0. The van der Waals surface area contributed by atoms with Gasteiger partial charge in [0.05, 0.1) is 120 Å². The molecule has 26 aromatic rings. The summed E-state index contributed by atoms with van der Waals surface area (Å²) >= 11 is 0. The number of rotatable bonds is 7. The van der Waals surface area contributed by atoms with E-state index in [9.17, 15) is 21.0 Å². The second kappa shape index (κ2) is 29.8. The largest absolute Gasteiger partial charge is 0.456 e. The van der Waals surface area contributed by atoms with E-state index in [2.05, 4.69) is 310 Å². The third kappa shape index (κ3) is 11.9. The van der Waals surface area contributed by atoms with E-state index < -0.39 is 0 Å². The molecule has 598 valence electrons. The minimum Gasteiger partial charge on any atom is -0.456 e. The molecule has 0 amide bonds. The van der Waals surface area contributed by atoms with Crippen LogP contribution < -0.4 is 0 Å². The van der Waals surface area contributed by atoms with Crippen molar-refractivity contribution < 1.29 is 8.83 Å². The lowest BCUT2D eigenvalue weighted by atomic mass is 10.0. The summed E-state index contributed by atoms with van der Waals surface area (Å²) in [5.74, 6) is 0. The van der Waals surface area contributed by atoms with Gasteiger partial charge < -0.3 is 36.2 Å². The van der Waals surface area contributed by atoms with E-state index in [0.717, 1.165) is 188 Å². The van der Waals surface area contributed by atoms with Crippen LogP contribution in [0.3, 0.4) is 0 Å². The molecule has 0 spiro atoms. The fourth-order valence-electron chi connectivity index (χ4n) is 19.7. The summed E-state index contributed by atoms with van der Waals surface area (Å²) in [4.78, 5) is 7.33. The minimum atomic E-state index is 0. The van der Waals surface area contributed by atoms with Gasteiger partial charge in [-0.2, -0.15) is 21.0 Å². The molecule has 0 saturated carbocycles. The molecule has 0 N–H and O–H groups in total. The number of nitriles is 4. The van der Waals surface area contributed by atoms with Gasteiger partial charge >= 0.3 is 0 Å². The first kappa shape index (κ1) is 75.3. The Bertz CT molecular complexity index is 9020. The molecule has 0 aliphatic rings. The third-order valence-corrected chi connectivity index (χ3v) is 25.2. The van der Waals surface area contributed by atoms with Crippen LogP contribution in [-0.4, -0.2) is 27.4 Å². The SMILES string of the molecule is C.N#Cc1ccc2c(c1)c1cc(C#N)ccc1n2-c1ccc2oc3ccc(-n4c5ccccc5c5ccccc54)cc3c2c1.[C-]#[N+]c1cc(C#N)cc(-c2cc(-n3c4ccccc4c4ccccc43)cc(-n3c4ccccc4c4ccccc43)c2)c1.[C-]#[N+]c1ccc2c(c1)c1ccccc1n2-c1ccc2oc3ccc(-n4c5ccccc5c5cc(C#N)ccc54)cc3c2c1. The highest BCUT2D eigenvalue weighted by Gasteiger charge is 2.24. The van der Waals surface area contributed by atoms with Crippen molar-refractivity contribution >= 4 is 186 Å². The Balaban J connectivity index is 0.000000110. The Hall–Kier alpha value is -18.7. The Morgan fingerprint density at radius 1 is 0.194 bits per heavy atom. The summed E-state index contributed by atoms with van der Waals surface area (Å²) in [6.45, 7) is 15.2. The van der Waals surface area contributed by atoms with E-state index in [4.69, 9.17) is 22.0 Å². The highest BCUT2D eigenvalue weighted by atomic mass is 16.3. The molecule has 18 aromatic carbocycles. The molecule has 0 atom stereocenters. The van der Waals surface area contributed by atoms with E-state index in [1.165, 1.54) is 32.3 Å². The maximum atomic E-state index is 9.75. The van der Waals surface area contributed by atoms with Gasteiger partial charge in [0.1, 0.15) is 22.3 Å². The van der Waals surface area contributed by atoms with Crippen molar-refractivity contribution in [1.29, 1.82) is 21.0 Å². The van der Waals surface area contributed by atoms with Gasteiger partial charge in [-0.05, 0) is 241 Å². The lowest BCUT2D eigenvalue weighted by molar-refractivity contribution is 0.668. The van der Waals surface area contributed by atoms with Crippen LogP contribution in [0.2, 0.25) is 0 Å². The molecule has 8 heterocycles. The highest BCUT2D eigenvalue weighted by molar-refractivity contribution is 6.17. The summed E-state index contributed by atoms with van der Waals surface area (Å²) in [7, 11) is 0. The molecule has 8 aromatic heterocycles. The van der Waals surface area contributed by atoms with Gasteiger partial charge in [-0.25, -0.2) is 9.69 Å². The Morgan fingerprint density at radius 3 is 0.736 bits per heavy atom. The number of aromatic nitrogens is 6. The normalized spacial score (nSPS) is 11.5. The summed E-state index contributed by atoms with van der Waals surface area (Å²) in [5, 5.41) is 56.0. The number of para-hydroxylation sites is 8. The van der Waals surface area contributed by atoms with Crippen molar-refractivity contribution in [2.75, 3.05) is 0 Å². The van der Waals surface area contributed by atoms with Gasteiger partial charge in [-0.3, -0.25) is 0 Å². The lowest BCUT2D eigenvalue weighted by Crippen LogP contribution is -2.00. The first-order valence-corrected chi connectivity index (χ1v) is 41.9. The number of hydrogen-bond donors (Lipinski definition) is 0. The quantitative estimate of drug-likeness (QED) is 0.144. The van der Waals surface area contributed by atoms with Crippen LogP contribution in [0.4, 0.5) is 11.4 Å². The molecule has 0 fully saturated rings. The van der Waals surface area contributed by atoms with E-state index in [1.54, 1.807) is 6.07 Å². The summed E-state index contributed by atoms with van der Waals surface area (Å²) in [5.41, 5.74) is 27.6. The summed E-state index contributed by atoms with van der Waals surface area (Å²) in [6.07, 6.45) is 0. The predicted octanol–water partition coefficient (Wildman–Crippen LogP) is 30.3. The second-order valence-electron chi connectivity index (χ2n) is 32.2. The third-order valence-electron chi connectivity index (χ3n) is 25.2. The molecule has 14 heteroatoms. The van der Waals surface area contributed by atoms with E-state index in [0.29, 0.717) is 33.6 Å². The maximum Gasteiger partial charge on any atom is 0.189 e. The van der Waals surface area contributed by atoms with Crippen molar-refractivity contribution in [2.24, 2.45) is 0 Å². The van der Waals surface area contributed by atoms with Gasteiger partial charge in [0.2, 0.25) is 0 Å². The van der Waals surface area contributed by atoms with E-state index >= 15 is 0 Å². The fraction of sp³-hybridized carbons (Fsp3) is 0.00870. The van der Waals surface area contributed by atoms with E-state index in [-0.39, 0.29) is 7.43 Å². The molecule has 0 unspecified atom stereocenters. The predicted molar refractivity (Wildman–Crippen MR) is 523 cm³/mol. The van der Waals surface area contributed by atoms with Crippen LogP contribution in [0.5, 0.6) is 0 Å². The molecule has 0 aliphatic heterocycles. The molecular formula is C115H66N12O2. The summed E-state index contributed by atoms with van der Waals surface area (Å²) < 4.78 is 26.3. The Labute approximate surface area is 736 Å². The second-order valence-corrected chi connectivity index (χ2v) is 32.2. The first-order chi connectivity index (χ1) is 63.2. The van der Waals surface area contributed by atoms with Crippen LogP contribution in [0.25, 0.3) is 230 Å². The zero-order valence-corrected chi connectivity index (χ0v) is 68.0. The van der Waals surface area contributed by atoms with Crippen LogP contribution in [-0.2, 0) is 0 Å². The highest BCUT2D eigenvalue weighted by Crippen LogP contribution is 2.45. The average molecular weight is 1650 g/mol. The number of fused-ring (bicyclic) bond motifs is 24. The van der Waals surface area contributed by atoms with Crippen LogP contribution >= 0.6 is 0 Å². The van der Waals surface area contributed by atoms with Gasteiger partial charge in [0.15, 0.2) is 11.4 Å². The topological polar surface area (TPSA) is 160 Å². The van der Waals surface area contributed by atoms with Crippen molar-refractivity contribution in [1.82, 2.24) is 27.4 Å². The van der Waals surface area contributed by atoms with Crippen LogP contribution in [0.1, 0.15) is 29.7 Å². The molecule has 14 nitrogen and oxygen atoms in total. The van der Waals surface area contributed by atoms with Crippen molar-refractivity contribution in [3.63, 3.8) is 0 Å². The first-order valence-electron chi connectivity index (χ1n) is 41.9. The fourth-order valence-corrected chi connectivity index (χ4v) is 19.7. The lowest BCUT2D eigenvalue weighted by Gasteiger charge is -2.16. The molecule has 0 aliphatic carbocycles. The Morgan fingerprint density at radius 2 is 0.442 bits per heavy atom. The number of hydrogen-bond acceptors (Lipinski definition) is 6. The number of furan rings is 2. The van der Waals surface area contributed by atoms with Crippen molar-refractivity contribution in [3.05, 3.63) is 421 Å². The smallest absolute Gasteiger partial charge is 0.189 e. The Kier molecular flexibility index (Phi) is 17.4. The number of nitrogens with zero attached hydrogens (tertiary/aromatic N) is 12. The molecule has 0 radical (unpaired) electrons. The van der Waals surface area contributed by atoms with Crippen molar-refractivity contribution in [2.45, 2.75) is 7.43 Å². The summed E-state index contributed by atoms with van der Waals surface area (Å²) in [6, 6.07) is 137. The van der Waals surface area contributed by atoms with Gasteiger partial charge in [-0.15, -0.1) is 0 Å². The van der Waals surface area contributed by atoms with Crippen molar-refractivity contribution in [3.8, 4) is 69.5 Å². The number of benzene rings is 18. The standard InChI is InChI=1S/2C38H20N4O.C38H22N4.CH4/c1-40-24-11-15-36-30(19-24)28-7-3-5-9-34(28)42(36)26-13-17-38-32(21-26)31-20-25(12-16-37(31)43-38)41-33-8-4-2-6-27(33)29-18-23(22-39)10-14-35(29)41;39-21-23-9-13-35-29(17-23)30-18-24(22-40)10-14-36(30)42(35)26-12-16-38-32(20-26)31-19-25(11-15-37(31)43-38)41-33-7-3-1-5-27(33)28-6-2-4-8-34(28)41;1-40-28-19-25(24-39)18-26(20-28)27-21-29(41-35-14-6-2-10-31(35)32-11-3-7-15-36(32)41)23-30(22-27)42-37-16-8-4-12-33(37)34-13-5-9-17-38(34)42;/h2-21H;1-20H;2-23H;1H4. The minimum absolute atomic E-state index is 0. The zero-order chi connectivity index (χ0) is 85.5. The molecule has 26 rings (SSSR count). The van der Waals surface area contributed by atoms with Gasteiger partial charge in [0.25, 0.3) is 0 Å². The van der Waals surface area contributed by atoms with E-state index in [1.807, 2.05) is 121 Å². The molecule has 0 saturated heterocycles.